The van der Waals surface area contributed by atoms with Crippen LogP contribution in [0.2, 0.25) is 0 Å². The van der Waals surface area contributed by atoms with Gasteiger partial charge in [0.2, 0.25) is 0 Å². The number of hydrogen-bond acceptors (Lipinski definition) is 4. The minimum atomic E-state index is -0.666. The Morgan fingerprint density at radius 2 is 2.00 bits per heavy atom. The number of para-hydroxylation sites is 1. The van der Waals surface area contributed by atoms with E-state index in [-0.39, 0.29) is 12.4 Å². The van der Waals surface area contributed by atoms with Crippen LogP contribution in [0, 0.1) is 11.7 Å². The van der Waals surface area contributed by atoms with Crippen LogP contribution in [0.15, 0.2) is 24.3 Å². The van der Waals surface area contributed by atoms with Gasteiger partial charge in [0.15, 0.2) is 11.6 Å². The average molecular weight is 299 g/mol. The van der Waals surface area contributed by atoms with E-state index in [9.17, 15) is 9.50 Å². The molecule has 0 radical (unpaired) electrons. The molecule has 0 bridgehead atoms. The summed E-state index contributed by atoms with van der Waals surface area (Å²) < 4.78 is 24.0. The summed E-state index contributed by atoms with van der Waals surface area (Å²) in [4.78, 5) is 0. The van der Waals surface area contributed by atoms with Crippen molar-refractivity contribution in [1.29, 1.82) is 0 Å². The number of halogens is 1. The molecule has 1 unspecified atom stereocenters. The molecule has 0 amide bonds. The predicted octanol–water partition coefficient (Wildman–Crippen LogP) is 2.22. The molecular weight excluding hydrogens is 273 g/mol. The molecule has 2 N–H and O–H groups in total. The summed E-state index contributed by atoms with van der Waals surface area (Å²) in [5.74, 6) is 0.300. The Morgan fingerprint density at radius 3 is 2.71 bits per heavy atom. The summed E-state index contributed by atoms with van der Waals surface area (Å²) in [5, 5.41) is 12.9. The molecule has 0 heterocycles. The highest BCUT2D eigenvalue weighted by atomic mass is 19.1. The largest absolute Gasteiger partial charge is 0.488 e. The van der Waals surface area contributed by atoms with E-state index in [1.54, 1.807) is 18.2 Å². The fraction of sp³-hybridized carbons (Fsp3) is 0.625. The molecule has 120 valence electrons. The lowest BCUT2D eigenvalue weighted by atomic mass is 10.2. The lowest BCUT2D eigenvalue weighted by Gasteiger charge is -2.13. The second-order valence-electron chi connectivity index (χ2n) is 5.42. The molecule has 0 spiro atoms. The zero-order valence-electron chi connectivity index (χ0n) is 12.8. The molecule has 5 heteroatoms. The third-order valence-electron chi connectivity index (χ3n) is 2.74. The number of aliphatic hydroxyl groups is 1. The van der Waals surface area contributed by atoms with Crippen molar-refractivity contribution >= 4 is 0 Å². The first kappa shape index (κ1) is 17.9. The van der Waals surface area contributed by atoms with Gasteiger partial charge in [0.05, 0.1) is 0 Å². The van der Waals surface area contributed by atoms with Gasteiger partial charge in [-0.05, 0) is 31.0 Å². The summed E-state index contributed by atoms with van der Waals surface area (Å²) in [6, 6.07) is 6.17. The highest BCUT2D eigenvalue weighted by Gasteiger charge is 2.07. The number of nitrogens with one attached hydrogen (secondary N) is 1. The summed E-state index contributed by atoms with van der Waals surface area (Å²) in [6.45, 7) is 6.98. The van der Waals surface area contributed by atoms with E-state index >= 15 is 0 Å². The first-order valence-corrected chi connectivity index (χ1v) is 7.43. The highest BCUT2D eigenvalue weighted by molar-refractivity contribution is 5.23. The van der Waals surface area contributed by atoms with Crippen LogP contribution in [0.25, 0.3) is 0 Å². The summed E-state index contributed by atoms with van der Waals surface area (Å²) in [5.41, 5.74) is 0. The Labute approximate surface area is 126 Å². The van der Waals surface area contributed by atoms with Crippen molar-refractivity contribution < 1.29 is 19.0 Å². The maximum atomic E-state index is 13.3. The summed E-state index contributed by atoms with van der Waals surface area (Å²) in [7, 11) is 0. The second kappa shape index (κ2) is 10.5. The molecule has 1 atom stereocenters. The highest BCUT2D eigenvalue weighted by Crippen LogP contribution is 2.15. The molecule has 1 rings (SSSR count). The maximum Gasteiger partial charge on any atom is 0.165 e. The van der Waals surface area contributed by atoms with Gasteiger partial charge in [-0.3, -0.25) is 0 Å². The lowest BCUT2D eigenvalue weighted by Crippen LogP contribution is -2.32. The van der Waals surface area contributed by atoms with Crippen molar-refractivity contribution in [2.24, 2.45) is 5.92 Å². The van der Waals surface area contributed by atoms with Gasteiger partial charge < -0.3 is 19.9 Å². The molecular formula is C16H26FNO3. The van der Waals surface area contributed by atoms with Crippen molar-refractivity contribution in [1.82, 2.24) is 5.32 Å². The predicted molar refractivity (Wildman–Crippen MR) is 81.0 cm³/mol. The van der Waals surface area contributed by atoms with E-state index in [1.165, 1.54) is 6.07 Å². The standard InChI is InChI=1S/C16H26FNO3/c1-13(2)11-20-9-5-8-18-10-14(19)12-21-16-7-4-3-6-15(16)17/h3-4,6-7,13-14,18-19H,5,8-12H2,1-2H3. The molecule has 21 heavy (non-hydrogen) atoms. The van der Waals surface area contributed by atoms with Crippen LogP contribution in [-0.4, -0.2) is 44.1 Å². The minimum absolute atomic E-state index is 0.0672. The van der Waals surface area contributed by atoms with Gasteiger partial charge in [-0.15, -0.1) is 0 Å². The van der Waals surface area contributed by atoms with Crippen molar-refractivity contribution in [3.05, 3.63) is 30.1 Å². The maximum absolute atomic E-state index is 13.3. The van der Waals surface area contributed by atoms with Crippen LogP contribution in [0.4, 0.5) is 4.39 Å². The summed E-state index contributed by atoms with van der Waals surface area (Å²) in [6.07, 6.45) is 0.231. The van der Waals surface area contributed by atoms with Gasteiger partial charge in [0, 0.05) is 19.8 Å². The fourth-order valence-electron chi connectivity index (χ4n) is 1.69. The van der Waals surface area contributed by atoms with Crippen LogP contribution >= 0.6 is 0 Å². The van der Waals surface area contributed by atoms with Crippen LogP contribution in [0.1, 0.15) is 20.3 Å². The van der Waals surface area contributed by atoms with Gasteiger partial charge >= 0.3 is 0 Å². The Kier molecular flexibility index (Phi) is 8.98. The molecule has 1 aromatic carbocycles. The average Bonchev–Trinajstić information content (AvgIpc) is 2.45. The van der Waals surface area contributed by atoms with Gasteiger partial charge in [0.1, 0.15) is 12.7 Å². The smallest absolute Gasteiger partial charge is 0.165 e. The number of aliphatic hydroxyl groups excluding tert-OH is 1. The summed E-state index contributed by atoms with van der Waals surface area (Å²) >= 11 is 0. The SMILES string of the molecule is CC(C)COCCCNCC(O)COc1ccccc1F. The Balaban J connectivity index is 2.01. The molecule has 4 nitrogen and oxygen atoms in total. The van der Waals surface area contributed by atoms with E-state index in [2.05, 4.69) is 19.2 Å². The second-order valence-corrected chi connectivity index (χ2v) is 5.42. The zero-order chi connectivity index (χ0) is 15.5. The van der Waals surface area contributed by atoms with Gasteiger partial charge in [-0.2, -0.15) is 0 Å². The first-order valence-electron chi connectivity index (χ1n) is 7.43. The van der Waals surface area contributed by atoms with Crippen molar-refractivity contribution in [2.75, 3.05) is 32.9 Å². The third kappa shape index (κ3) is 8.65. The molecule has 0 saturated heterocycles. The molecule has 0 fully saturated rings. The number of hydrogen-bond donors (Lipinski definition) is 2. The van der Waals surface area contributed by atoms with Crippen molar-refractivity contribution in [2.45, 2.75) is 26.4 Å². The van der Waals surface area contributed by atoms with Crippen molar-refractivity contribution in [3.63, 3.8) is 0 Å². The van der Waals surface area contributed by atoms with Gasteiger partial charge in [0.25, 0.3) is 0 Å². The van der Waals surface area contributed by atoms with E-state index in [1.807, 2.05) is 0 Å². The van der Waals surface area contributed by atoms with E-state index < -0.39 is 11.9 Å². The molecule has 0 aliphatic rings. The minimum Gasteiger partial charge on any atom is -0.488 e. The van der Waals surface area contributed by atoms with Crippen LogP contribution in [0.3, 0.4) is 0 Å². The lowest BCUT2D eigenvalue weighted by molar-refractivity contribution is 0.0969. The number of rotatable bonds is 11. The number of ether oxygens (including phenoxy) is 2. The normalized spacial score (nSPS) is 12.6. The van der Waals surface area contributed by atoms with Crippen LogP contribution in [-0.2, 0) is 4.74 Å². The quantitative estimate of drug-likeness (QED) is 0.615. The van der Waals surface area contributed by atoms with E-state index in [0.29, 0.717) is 19.1 Å². The molecule has 0 aliphatic heterocycles. The first-order chi connectivity index (χ1) is 10.1. The van der Waals surface area contributed by atoms with Crippen LogP contribution < -0.4 is 10.1 Å². The fourth-order valence-corrected chi connectivity index (χ4v) is 1.69. The van der Waals surface area contributed by atoms with E-state index in [4.69, 9.17) is 9.47 Å². The van der Waals surface area contributed by atoms with Crippen LogP contribution in [0.5, 0.6) is 5.75 Å². The topological polar surface area (TPSA) is 50.7 Å². The molecule has 0 saturated carbocycles. The Morgan fingerprint density at radius 1 is 1.24 bits per heavy atom. The Bertz CT molecular complexity index is 388. The monoisotopic (exact) mass is 299 g/mol. The van der Waals surface area contributed by atoms with Crippen molar-refractivity contribution in [3.8, 4) is 5.75 Å². The Hall–Kier alpha value is -1.17. The number of benzene rings is 1. The molecule has 1 aromatic rings. The zero-order valence-corrected chi connectivity index (χ0v) is 12.8. The van der Waals surface area contributed by atoms with Gasteiger partial charge in [-0.1, -0.05) is 26.0 Å². The molecule has 0 aromatic heterocycles. The van der Waals surface area contributed by atoms with Gasteiger partial charge in [-0.25, -0.2) is 4.39 Å². The third-order valence-corrected chi connectivity index (χ3v) is 2.74. The van der Waals surface area contributed by atoms with E-state index in [0.717, 1.165) is 19.6 Å². The molecule has 0 aliphatic carbocycles.